The molecule has 1 heterocycles. The second-order valence-corrected chi connectivity index (χ2v) is 8.12. The Kier molecular flexibility index (Phi) is 5.97. The lowest BCUT2D eigenvalue weighted by Crippen LogP contribution is -2.38. The van der Waals surface area contributed by atoms with Gasteiger partial charge in [-0.05, 0) is 36.4 Å². The SMILES string of the molecule is CCc1ccccc1CN1CC[C@H](CNS(=O)(=O)N(C)C)C1. The first kappa shape index (κ1) is 17.4. The van der Waals surface area contributed by atoms with Gasteiger partial charge in [-0.3, -0.25) is 4.90 Å². The van der Waals surface area contributed by atoms with Gasteiger partial charge in [-0.1, -0.05) is 31.2 Å². The molecule has 0 radical (unpaired) electrons. The topological polar surface area (TPSA) is 52.7 Å². The van der Waals surface area contributed by atoms with Crippen LogP contribution in [0, 0.1) is 5.92 Å². The number of likely N-dealkylation sites (tertiary alicyclic amines) is 1. The van der Waals surface area contributed by atoms with Crippen molar-refractivity contribution in [3.05, 3.63) is 35.4 Å². The third-order valence-electron chi connectivity index (χ3n) is 4.30. The lowest BCUT2D eigenvalue weighted by molar-refractivity contribution is 0.315. The molecule has 1 fully saturated rings. The monoisotopic (exact) mass is 325 g/mol. The highest BCUT2D eigenvalue weighted by atomic mass is 32.2. The molecule has 1 aromatic rings. The van der Waals surface area contributed by atoms with E-state index in [1.807, 2.05) is 0 Å². The highest BCUT2D eigenvalue weighted by molar-refractivity contribution is 7.87. The molecule has 1 aromatic carbocycles. The van der Waals surface area contributed by atoms with Crippen molar-refractivity contribution in [2.45, 2.75) is 26.3 Å². The predicted octanol–water partition coefficient (Wildman–Crippen LogP) is 1.47. The van der Waals surface area contributed by atoms with Crippen molar-refractivity contribution in [1.29, 1.82) is 0 Å². The summed E-state index contributed by atoms with van der Waals surface area (Å²) in [6.45, 7) is 5.65. The van der Waals surface area contributed by atoms with E-state index in [-0.39, 0.29) is 0 Å². The second-order valence-electron chi connectivity index (χ2n) is 6.15. The van der Waals surface area contributed by atoms with Crippen LogP contribution in [0.5, 0.6) is 0 Å². The van der Waals surface area contributed by atoms with Crippen molar-refractivity contribution >= 4 is 10.2 Å². The third-order valence-corrected chi connectivity index (χ3v) is 5.79. The van der Waals surface area contributed by atoms with Crippen molar-refractivity contribution in [2.24, 2.45) is 5.92 Å². The first-order chi connectivity index (χ1) is 10.4. The standard InChI is InChI=1S/C16H27N3O2S/c1-4-15-7-5-6-8-16(15)13-19-10-9-14(12-19)11-17-22(20,21)18(2)3/h5-8,14,17H,4,9-13H2,1-3H3/t14-/m1/s1. The highest BCUT2D eigenvalue weighted by Crippen LogP contribution is 2.20. The van der Waals surface area contributed by atoms with E-state index in [1.54, 1.807) is 14.1 Å². The van der Waals surface area contributed by atoms with Gasteiger partial charge in [0, 0.05) is 33.7 Å². The summed E-state index contributed by atoms with van der Waals surface area (Å²) >= 11 is 0. The van der Waals surface area contributed by atoms with Gasteiger partial charge in [0.1, 0.15) is 0 Å². The Hall–Kier alpha value is -0.950. The largest absolute Gasteiger partial charge is 0.299 e. The first-order valence-electron chi connectivity index (χ1n) is 7.88. The van der Waals surface area contributed by atoms with Crippen molar-refractivity contribution in [2.75, 3.05) is 33.7 Å². The van der Waals surface area contributed by atoms with E-state index in [0.29, 0.717) is 12.5 Å². The van der Waals surface area contributed by atoms with Crippen LogP contribution in [-0.4, -0.2) is 51.4 Å². The summed E-state index contributed by atoms with van der Waals surface area (Å²) in [6.07, 6.45) is 2.10. The van der Waals surface area contributed by atoms with Crippen molar-refractivity contribution in [3.8, 4) is 0 Å². The maximum atomic E-state index is 11.7. The molecule has 2 rings (SSSR count). The molecule has 0 amide bonds. The average Bonchev–Trinajstić information content (AvgIpc) is 2.93. The average molecular weight is 325 g/mol. The zero-order chi connectivity index (χ0) is 16.2. The van der Waals surface area contributed by atoms with E-state index >= 15 is 0 Å². The first-order valence-corrected chi connectivity index (χ1v) is 9.32. The maximum absolute atomic E-state index is 11.7. The number of hydrogen-bond donors (Lipinski definition) is 1. The molecule has 0 saturated carbocycles. The van der Waals surface area contributed by atoms with E-state index < -0.39 is 10.2 Å². The minimum atomic E-state index is -3.31. The zero-order valence-electron chi connectivity index (χ0n) is 13.7. The quantitative estimate of drug-likeness (QED) is 0.826. The summed E-state index contributed by atoms with van der Waals surface area (Å²) in [5.74, 6) is 0.392. The summed E-state index contributed by atoms with van der Waals surface area (Å²) in [4.78, 5) is 2.42. The third kappa shape index (κ3) is 4.52. The summed E-state index contributed by atoms with van der Waals surface area (Å²) < 4.78 is 27.4. The Morgan fingerprint density at radius 3 is 2.59 bits per heavy atom. The van der Waals surface area contributed by atoms with Crippen LogP contribution in [0.15, 0.2) is 24.3 Å². The molecule has 6 heteroatoms. The lowest BCUT2D eigenvalue weighted by Gasteiger charge is -2.19. The van der Waals surface area contributed by atoms with Crippen LogP contribution in [0.4, 0.5) is 0 Å². The molecule has 1 aliphatic heterocycles. The Bertz CT molecular complexity index is 587. The smallest absolute Gasteiger partial charge is 0.278 e. The van der Waals surface area contributed by atoms with Gasteiger partial charge in [-0.2, -0.15) is 12.7 Å². The van der Waals surface area contributed by atoms with Gasteiger partial charge in [0.25, 0.3) is 10.2 Å². The Labute approximate surface area is 134 Å². The number of nitrogens with one attached hydrogen (secondary N) is 1. The van der Waals surface area contributed by atoms with Crippen molar-refractivity contribution < 1.29 is 8.42 Å². The summed E-state index contributed by atoms with van der Waals surface area (Å²) in [5.41, 5.74) is 2.79. The summed E-state index contributed by atoms with van der Waals surface area (Å²) in [6, 6.07) is 8.56. The molecule has 0 aliphatic carbocycles. The maximum Gasteiger partial charge on any atom is 0.278 e. The molecule has 22 heavy (non-hydrogen) atoms. The minimum Gasteiger partial charge on any atom is -0.299 e. The van der Waals surface area contributed by atoms with E-state index in [1.165, 1.54) is 15.4 Å². The van der Waals surface area contributed by atoms with E-state index in [2.05, 4.69) is 40.8 Å². The van der Waals surface area contributed by atoms with Gasteiger partial charge in [-0.25, -0.2) is 4.72 Å². The normalized spacial score (nSPS) is 19.9. The fourth-order valence-electron chi connectivity index (χ4n) is 2.87. The molecular formula is C16H27N3O2S. The molecule has 0 unspecified atom stereocenters. The predicted molar refractivity (Wildman–Crippen MR) is 89.8 cm³/mol. The van der Waals surface area contributed by atoms with Gasteiger partial charge in [0.15, 0.2) is 0 Å². The van der Waals surface area contributed by atoms with Gasteiger partial charge in [0.2, 0.25) is 0 Å². The number of aryl methyl sites for hydroxylation is 1. The van der Waals surface area contributed by atoms with Crippen LogP contribution in [0.25, 0.3) is 0 Å². The van der Waals surface area contributed by atoms with Crippen molar-refractivity contribution in [1.82, 2.24) is 13.9 Å². The minimum absolute atomic E-state index is 0.392. The van der Waals surface area contributed by atoms with Crippen LogP contribution >= 0.6 is 0 Å². The molecule has 1 atom stereocenters. The van der Waals surface area contributed by atoms with E-state index in [4.69, 9.17) is 0 Å². The van der Waals surface area contributed by atoms with Crippen LogP contribution in [0.2, 0.25) is 0 Å². The molecule has 1 N–H and O–H groups in total. The molecule has 0 aromatic heterocycles. The molecular weight excluding hydrogens is 298 g/mol. The Balaban J connectivity index is 1.85. The van der Waals surface area contributed by atoms with Gasteiger partial charge >= 0.3 is 0 Å². The van der Waals surface area contributed by atoms with Crippen LogP contribution < -0.4 is 4.72 Å². The second kappa shape index (κ2) is 7.55. The Morgan fingerprint density at radius 2 is 1.95 bits per heavy atom. The van der Waals surface area contributed by atoms with Crippen molar-refractivity contribution in [3.63, 3.8) is 0 Å². The number of nitrogens with zero attached hydrogens (tertiary/aromatic N) is 2. The van der Waals surface area contributed by atoms with Crippen LogP contribution in [0.1, 0.15) is 24.5 Å². The number of rotatable bonds is 7. The summed E-state index contributed by atoms with van der Waals surface area (Å²) in [7, 11) is -0.215. The lowest BCUT2D eigenvalue weighted by atomic mass is 10.1. The summed E-state index contributed by atoms with van der Waals surface area (Å²) in [5, 5.41) is 0. The zero-order valence-corrected chi connectivity index (χ0v) is 14.6. The Morgan fingerprint density at radius 1 is 1.27 bits per heavy atom. The van der Waals surface area contributed by atoms with Crippen LogP contribution in [-0.2, 0) is 23.2 Å². The number of hydrogen-bond acceptors (Lipinski definition) is 3. The molecule has 0 spiro atoms. The van der Waals surface area contributed by atoms with Crippen LogP contribution in [0.3, 0.4) is 0 Å². The molecule has 0 bridgehead atoms. The van der Waals surface area contributed by atoms with E-state index in [9.17, 15) is 8.42 Å². The van der Waals surface area contributed by atoms with Gasteiger partial charge in [-0.15, -0.1) is 0 Å². The van der Waals surface area contributed by atoms with Gasteiger partial charge in [0.05, 0.1) is 0 Å². The fraction of sp³-hybridized carbons (Fsp3) is 0.625. The fourth-order valence-corrected chi connectivity index (χ4v) is 3.58. The molecule has 1 saturated heterocycles. The van der Waals surface area contributed by atoms with Gasteiger partial charge < -0.3 is 0 Å². The number of benzene rings is 1. The highest BCUT2D eigenvalue weighted by Gasteiger charge is 2.24. The molecule has 1 aliphatic rings. The molecule has 124 valence electrons. The molecule has 5 nitrogen and oxygen atoms in total. The van der Waals surface area contributed by atoms with E-state index in [0.717, 1.165) is 32.5 Å².